The molecule has 1 atom stereocenters. The average molecular weight is 327 g/mol. The number of aromatic nitrogens is 3. The number of anilines is 1. The van der Waals surface area contributed by atoms with Gasteiger partial charge in [-0.05, 0) is 18.2 Å². The van der Waals surface area contributed by atoms with Crippen LogP contribution < -0.4 is 10.6 Å². The normalized spacial score (nSPS) is 11.8. The molecular weight excluding hydrogens is 313 g/mol. The summed E-state index contributed by atoms with van der Waals surface area (Å²) in [5.74, 6) is 0.0133. The molecule has 0 bridgehead atoms. The van der Waals surface area contributed by atoms with Crippen molar-refractivity contribution in [1.29, 1.82) is 0 Å². The van der Waals surface area contributed by atoms with Gasteiger partial charge in [0.1, 0.15) is 11.9 Å². The fraction of sp³-hybridized carbons (Fsp3) is 0.125. The number of carbonyl (C=O) groups is 1. The van der Waals surface area contributed by atoms with Crippen LogP contribution in [0.15, 0.2) is 53.3 Å². The lowest BCUT2D eigenvalue weighted by Gasteiger charge is -2.17. The van der Waals surface area contributed by atoms with Gasteiger partial charge in [0.25, 0.3) is 0 Å². The van der Waals surface area contributed by atoms with Crippen molar-refractivity contribution in [3.05, 3.63) is 71.9 Å². The molecule has 2 N–H and O–H groups in total. The Labute approximate surface area is 136 Å². The zero-order valence-corrected chi connectivity index (χ0v) is 12.7. The number of pyridine rings is 1. The van der Waals surface area contributed by atoms with Gasteiger partial charge < -0.3 is 15.2 Å². The number of rotatable bonds is 4. The lowest BCUT2D eigenvalue weighted by Crippen LogP contribution is -2.34. The number of halogens is 1. The van der Waals surface area contributed by atoms with Gasteiger partial charge in [-0.3, -0.25) is 4.98 Å². The molecule has 0 fully saturated rings. The molecule has 0 aliphatic heterocycles. The summed E-state index contributed by atoms with van der Waals surface area (Å²) in [6, 6.07) is 7.94. The summed E-state index contributed by atoms with van der Waals surface area (Å²) in [7, 11) is 0. The lowest BCUT2D eigenvalue weighted by atomic mass is 10.1. The number of amides is 2. The molecule has 2 amide bonds. The van der Waals surface area contributed by atoms with Gasteiger partial charge in [0, 0.05) is 30.6 Å². The fourth-order valence-corrected chi connectivity index (χ4v) is 2.16. The van der Waals surface area contributed by atoms with Crippen LogP contribution in [0.4, 0.5) is 14.9 Å². The van der Waals surface area contributed by atoms with Crippen LogP contribution in [0, 0.1) is 12.7 Å². The molecular formula is C16H14FN5O2. The number of aryl methyl sites for hydroxylation is 1. The van der Waals surface area contributed by atoms with Gasteiger partial charge in [-0.2, -0.15) is 4.98 Å². The second-order valence-corrected chi connectivity index (χ2v) is 4.96. The van der Waals surface area contributed by atoms with Crippen LogP contribution in [-0.2, 0) is 0 Å². The van der Waals surface area contributed by atoms with Gasteiger partial charge in [-0.15, -0.1) is 0 Å². The van der Waals surface area contributed by atoms with Gasteiger partial charge in [0.2, 0.25) is 5.89 Å². The van der Waals surface area contributed by atoms with Crippen LogP contribution in [0.2, 0.25) is 0 Å². The van der Waals surface area contributed by atoms with Crippen LogP contribution in [0.25, 0.3) is 0 Å². The maximum absolute atomic E-state index is 14.1. The first-order valence-electron chi connectivity index (χ1n) is 7.15. The number of nitrogens with one attached hydrogen (secondary N) is 2. The van der Waals surface area contributed by atoms with E-state index in [1.165, 1.54) is 6.07 Å². The molecule has 1 aromatic carbocycles. The van der Waals surface area contributed by atoms with Crippen LogP contribution >= 0.6 is 0 Å². The van der Waals surface area contributed by atoms with E-state index in [9.17, 15) is 9.18 Å². The molecule has 2 aromatic heterocycles. The standard InChI is InChI=1S/C16H14FN5O2/c1-10-19-15(22-24-10)14(12-4-2-3-5-13(12)17)21-16(23)20-11-6-8-18-9-7-11/h2-9,14H,1H3,(H2,18,20,21,23)/t14-/m0/s1. The highest BCUT2D eigenvalue weighted by Gasteiger charge is 2.24. The second-order valence-electron chi connectivity index (χ2n) is 4.96. The summed E-state index contributed by atoms with van der Waals surface area (Å²) in [5, 5.41) is 9.08. The van der Waals surface area contributed by atoms with Crippen molar-refractivity contribution in [3.8, 4) is 0 Å². The molecule has 24 heavy (non-hydrogen) atoms. The molecule has 0 aliphatic carbocycles. The Morgan fingerprint density at radius 2 is 1.96 bits per heavy atom. The summed E-state index contributed by atoms with van der Waals surface area (Å²) in [4.78, 5) is 20.2. The van der Waals surface area contributed by atoms with E-state index < -0.39 is 17.9 Å². The highest BCUT2D eigenvalue weighted by molar-refractivity contribution is 5.89. The van der Waals surface area contributed by atoms with Crippen LogP contribution in [0.3, 0.4) is 0 Å². The van der Waals surface area contributed by atoms with Gasteiger partial charge in [-0.25, -0.2) is 9.18 Å². The van der Waals surface area contributed by atoms with E-state index in [-0.39, 0.29) is 11.4 Å². The number of benzene rings is 1. The van der Waals surface area contributed by atoms with Crippen LogP contribution in [0.5, 0.6) is 0 Å². The van der Waals surface area contributed by atoms with E-state index in [4.69, 9.17) is 4.52 Å². The Hall–Kier alpha value is -3.29. The molecule has 3 aromatic rings. The minimum atomic E-state index is -0.884. The van der Waals surface area contributed by atoms with Gasteiger partial charge in [-0.1, -0.05) is 23.4 Å². The number of nitrogens with zero attached hydrogens (tertiary/aromatic N) is 3. The van der Waals surface area contributed by atoms with Gasteiger partial charge in [0.05, 0.1) is 0 Å². The van der Waals surface area contributed by atoms with E-state index in [0.717, 1.165) is 0 Å². The number of carbonyl (C=O) groups excluding carboxylic acids is 1. The van der Waals surface area contributed by atoms with Crippen molar-refractivity contribution >= 4 is 11.7 Å². The number of hydrogen-bond acceptors (Lipinski definition) is 5. The molecule has 0 saturated carbocycles. The molecule has 2 heterocycles. The zero-order chi connectivity index (χ0) is 16.9. The van der Waals surface area contributed by atoms with Gasteiger partial charge >= 0.3 is 6.03 Å². The Morgan fingerprint density at radius 1 is 1.21 bits per heavy atom. The maximum Gasteiger partial charge on any atom is 0.320 e. The van der Waals surface area contributed by atoms with Gasteiger partial charge in [0.15, 0.2) is 5.82 Å². The molecule has 0 saturated heterocycles. The number of urea groups is 1. The maximum atomic E-state index is 14.1. The first-order chi connectivity index (χ1) is 11.6. The van der Waals surface area contributed by atoms with Crippen molar-refractivity contribution in [1.82, 2.24) is 20.4 Å². The minimum absolute atomic E-state index is 0.169. The van der Waals surface area contributed by atoms with Crippen molar-refractivity contribution < 1.29 is 13.7 Å². The van der Waals surface area contributed by atoms with Crippen molar-refractivity contribution in [2.45, 2.75) is 13.0 Å². The van der Waals surface area contributed by atoms with Crippen molar-refractivity contribution in [2.24, 2.45) is 0 Å². The Balaban J connectivity index is 1.85. The SMILES string of the molecule is Cc1nc([C@@H](NC(=O)Nc2ccncc2)c2ccccc2F)no1. The third-order valence-electron chi connectivity index (χ3n) is 3.23. The number of hydrogen-bond donors (Lipinski definition) is 2. The highest BCUT2D eigenvalue weighted by Crippen LogP contribution is 2.22. The van der Waals surface area contributed by atoms with E-state index in [0.29, 0.717) is 11.6 Å². The van der Waals surface area contributed by atoms with E-state index >= 15 is 0 Å². The zero-order valence-electron chi connectivity index (χ0n) is 12.7. The first-order valence-corrected chi connectivity index (χ1v) is 7.15. The van der Waals surface area contributed by atoms with Crippen molar-refractivity contribution in [3.63, 3.8) is 0 Å². The Bertz CT molecular complexity index is 837. The van der Waals surface area contributed by atoms with E-state index in [2.05, 4.69) is 25.8 Å². The smallest absolute Gasteiger partial charge is 0.320 e. The highest BCUT2D eigenvalue weighted by atomic mass is 19.1. The summed E-state index contributed by atoms with van der Waals surface area (Å²) >= 11 is 0. The molecule has 0 spiro atoms. The van der Waals surface area contributed by atoms with Crippen molar-refractivity contribution in [2.75, 3.05) is 5.32 Å². The summed E-state index contributed by atoms with van der Waals surface area (Å²) in [6.07, 6.45) is 3.10. The minimum Gasteiger partial charge on any atom is -0.340 e. The molecule has 3 rings (SSSR count). The Kier molecular flexibility index (Phi) is 4.46. The first kappa shape index (κ1) is 15.6. The predicted octanol–water partition coefficient (Wildman–Crippen LogP) is 2.82. The average Bonchev–Trinajstić information content (AvgIpc) is 3.01. The largest absolute Gasteiger partial charge is 0.340 e. The van der Waals surface area contributed by atoms with E-state index in [1.54, 1.807) is 49.6 Å². The summed E-state index contributed by atoms with van der Waals surface area (Å²) in [5.41, 5.74) is 0.794. The molecule has 0 aliphatic rings. The van der Waals surface area contributed by atoms with Crippen LogP contribution in [0.1, 0.15) is 23.3 Å². The van der Waals surface area contributed by atoms with Crippen LogP contribution in [-0.4, -0.2) is 21.2 Å². The molecule has 0 radical (unpaired) electrons. The molecule has 122 valence electrons. The fourth-order valence-electron chi connectivity index (χ4n) is 2.16. The third kappa shape index (κ3) is 3.54. The Morgan fingerprint density at radius 3 is 2.62 bits per heavy atom. The third-order valence-corrected chi connectivity index (χ3v) is 3.23. The topological polar surface area (TPSA) is 92.9 Å². The monoisotopic (exact) mass is 327 g/mol. The molecule has 0 unspecified atom stereocenters. The lowest BCUT2D eigenvalue weighted by molar-refractivity contribution is 0.249. The van der Waals surface area contributed by atoms with E-state index in [1.807, 2.05) is 0 Å². The molecule has 7 nitrogen and oxygen atoms in total. The summed E-state index contributed by atoms with van der Waals surface area (Å²) < 4.78 is 19.1. The quantitative estimate of drug-likeness (QED) is 0.768. The predicted molar refractivity (Wildman–Crippen MR) is 83.7 cm³/mol. The summed E-state index contributed by atoms with van der Waals surface area (Å²) in [6.45, 7) is 1.62. The second kappa shape index (κ2) is 6.86. The molecule has 8 heteroatoms.